The van der Waals surface area contributed by atoms with Crippen molar-refractivity contribution in [3.05, 3.63) is 16.1 Å². The summed E-state index contributed by atoms with van der Waals surface area (Å²) in [5, 5.41) is 9.44. The van der Waals surface area contributed by atoms with Gasteiger partial charge in [-0.15, -0.1) is 11.3 Å². The van der Waals surface area contributed by atoms with Gasteiger partial charge in [-0.1, -0.05) is 0 Å². The van der Waals surface area contributed by atoms with Crippen LogP contribution in [0.25, 0.3) is 0 Å². The number of amides is 1. The number of carbonyl (C=O) groups is 1. The molecule has 4 nitrogen and oxygen atoms in total. The minimum atomic E-state index is 0.155. The van der Waals surface area contributed by atoms with E-state index in [0.29, 0.717) is 19.0 Å². The monoisotopic (exact) mass is 253 g/mol. The first-order valence-electron chi connectivity index (χ1n) is 6.10. The Morgan fingerprint density at radius 3 is 3.00 bits per heavy atom. The SMILES string of the molecule is Cc1csc(C(C)NCCC(=O)NC2CC2)n1. The van der Waals surface area contributed by atoms with Crippen molar-refractivity contribution in [2.45, 2.75) is 45.2 Å². The average Bonchev–Trinajstić information content (AvgIpc) is 2.97. The van der Waals surface area contributed by atoms with Crippen LogP contribution in [0.4, 0.5) is 0 Å². The first-order valence-corrected chi connectivity index (χ1v) is 6.98. The molecule has 0 aromatic carbocycles. The Morgan fingerprint density at radius 2 is 2.41 bits per heavy atom. The molecular weight excluding hydrogens is 234 g/mol. The zero-order valence-electron chi connectivity index (χ0n) is 10.3. The fourth-order valence-electron chi connectivity index (χ4n) is 1.59. The molecule has 5 heteroatoms. The third kappa shape index (κ3) is 4.09. The number of aryl methyl sites for hydroxylation is 1. The van der Waals surface area contributed by atoms with Gasteiger partial charge in [0.2, 0.25) is 5.91 Å². The number of hydrogen-bond donors (Lipinski definition) is 2. The zero-order chi connectivity index (χ0) is 12.3. The van der Waals surface area contributed by atoms with E-state index in [0.717, 1.165) is 23.5 Å². The topological polar surface area (TPSA) is 54.0 Å². The lowest BCUT2D eigenvalue weighted by molar-refractivity contribution is -0.121. The molecular formula is C12H19N3OS. The van der Waals surface area contributed by atoms with Crippen LogP contribution in [0.2, 0.25) is 0 Å². The lowest BCUT2D eigenvalue weighted by atomic mass is 10.3. The number of hydrogen-bond acceptors (Lipinski definition) is 4. The summed E-state index contributed by atoms with van der Waals surface area (Å²) in [7, 11) is 0. The van der Waals surface area contributed by atoms with Gasteiger partial charge in [0.25, 0.3) is 0 Å². The van der Waals surface area contributed by atoms with Crippen LogP contribution in [0.5, 0.6) is 0 Å². The molecule has 0 saturated heterocycles. The number of aromatic nitrogens is 1. The zero-order valence-corrected chi connectivity index (χ0v) is 11.1. The largest absolute Gasteiger partial charge is 0.353 e. The molecule has 1 amide bonds. The molecule has 1 fully saturated rings. The normalized spacial score (nSPS) is 16.8. The molecule has 2 N–H and O–H groups in total. The molecule has 1 aromatic rings. The second-order valence-corrected chi connectivity index (χ2v) is 5.48. The van der Waals surface area contributed by atoms with Gasteiger partial charge in [-0.05, 0) is 26.7 Å². The highest BCUT2D eigenvalue weighted by atomic mass is 32.1. The average molecular weight is 253 g/mol. The Morgan fingerprint density at radius 1 is 1.65 bits per heavy atom. The van der Waals surface area contributed by atoms with Crippen molar-refractivity contribution in [2.24, 2.45) is 0 Å². The van der Waals surface area contributed by atoms with Crippen molar-refractivity contribution in [2.75, 3.05) is 6.54 Å². The summed E-state index contributed by atoms with van der Waals surface area (Å²) in [5.41, 5.74) is 1.06. The first kappa shape index (κ1) is 12.5. The van der Waals surface area contributed by atoms with Crippen LogP contribution in [0.1, 0.15) is 42.9 Å². The van der Waals surface area contributed by atoms with Crippen LogP contribution in [0.15, 0.2) is 5.38 Å². The number of nitrogens with zero attached hydrogens (tertiary/aromatic N) is 1. The van der Waals surface area contributed by atoms with Gasteiger partial charge >= 0.3 is 0 Å². The number of thiazole rings is 1. The Hall–Kier alpha value is -0.940. The highest BCUT2D eigenvalue weighted by Crippen LogP contribution is 2.19. The molecule has 94 valence electrons. The maximum absolute atomic E-state index is 11.5. The van der Waals surface area contributed by atoms with E-state index in [1.54, 1.807) is 11.3 Å². The van der Waals surface area contributed by atoms with Crippen molar-refractivity contribution >= 4 is 17.2 Å². The second-order valence-electron chi connectivity index (χ2n) is 4.59. The maximum Gasteiger partial charge on any atom is 0.221 e. The summed E-state index contributed by atoms with van der Waals surface area (Å²) in [5.74, 6) is 0.155. The van der Waals surface area contributed by atoms with Crippen LogP contribution in [0, 0.1) is 6.92 Å². The highest BCUT2D eigenvalue weighted by molar-refractivity contribution is 7.09. The van der Waals surface area contributed by atoms with E-state index in [1.807, 2.05) is 12.3 Å². The van der Waals surface area contributed by atoms with Gasteiger partial charge in [-0.3, -0.25) is 4.79 Å². The minimum absolute atomic E-state index is 0.155. The molecule has 1 heterocycles. The van der Waals surface area contributed by atoms with Gasteiger partial charge in [-0.2, -0.15) is 0 Å². The Kier molecular flexibility index (Phi) is 4.12. The predicted molar refractivity (Wildman–Crippen MR) is 69.1 cm³/mol. The minimum Gasteiger partial charge on any atom is -0.353 e. The van der Waals surface area contributed by atoms with Crippen molar-refractivity contribution in [3.63, 3.8) is 0 Å². The van der Waals surface area contributed by atoms with Gasteiger partial charge in [0.05, 0.1) is 6.04 Å². The molecule has 0 bridgehead atoms. The molecule has 0 aliphatic heterocycles. The van der Waals surface area contributed by atoms with E-state index in [9.17, 15) is 4.79 Å². The van der Waals surface area contributed by atoms with Crippen LogP contribution in [-0.4, -0.2) is 23.5 Å². The van der Waals surface area contributed by atoms with Crippen LogP contribution < -0.4 is 10.6 Å². The van der Waals surface area contributed by atoms with Gasteiger partial charge in [0.15, 0.2) is 0 Å². The molecule has 1 aliphatic rings. The quantitative estimate of drug-likeness (QED) is 0.812. The van der Waals surface area contributed by atoms with E-state index in [2.05, 4.69) is 22.5 Å². The summed E-state index contributed by atoms with van der Waals surface area (Å²) in [6, 6.07) is 0.684. The molecule has 1 aliphatic carbocycles. The van der Waals surface area contributed by atoms with Crippen LogP contribution >= 0.6 is 11.3 Å². The van der Waals surface area contributed by atoms with Gasteiger partial charge < -0.3 is 10.6 Å². The smallest absolute Gasteiger partial charge is 0.221 e. The Bertz CT molecular complexity index is 387. The molecule has 17 heavy (non-hydrogen) atoms. The van der Waals surface area contributed by atoms with E-state index in [4.69, 9.17) is 0 Å². The summed E-state index contributed by atoms with van der Waals surface area (Å²) < 4.78 is 0. The molecule has 0 spiro atoms. The highest BCUT2D eigenvalue weighted by Gasteiger charge is 2.22. The van der Waals surface area contributed by atoms with Crippen molar-refractivity contribution in [1.82, 2.24) is 15.6 Å². The number of rotatable bonds is 6. The van der Waals surface area contributed by atoms with Crippen molar-refractivity contribution in [1.29, 1.82) is 0 Å². The Labute approximate surface area is 106 Å². The maximum atomic E-state index is 11.5. The van der Waals surface area contributed by atoms with Gasteiger partial charge in [0.1, 0.15) is 5.01 Å². The second kappa shape index (κ2) is 5.60. The van der Waals surface area contributed by atoms with Gasteiger partial charge in [0, 0.05) is 30.1 Å². The molecule has 1 saturated carbocycles. The third-order valence-electron chi connectivity index (χ3n) is 2.75. The fourth-order valence-corrected chi connectivity index (χ4v) is 2.42. The predicted octanol–water partition coefficient (Wildman–Crippen LogP) is 1.77. The van der Waals surface area contributed by atoms with Crippen LogP contribution in [-0.2, 0) is 4.79 Å². The first-order chi connectivity index (χ1) is 8.15. The molecule has 0 radical (unpaired) electrons. The van der Waals surface area contributed by atoms with Crippen molar-refractivity contribution < 1.29 is 4.79 Å². The van der Waals surface area contributed by atoms with Gasteiger partial charge in [-0.25, -0.2) is 4.98 Å². The van der Waals surface area contributed by atoms with Crippen molar-refractivity contribution in [3.8, 4) is 0 Å². The number of carbonyl (C=O) groups excluding carboxylic acids is 1. The molecule has 1 aromatic heterocycles. The van der Waals surface area contributed by atoms with E-state index < -0.39 is 0 Å². The summed E-state index contributed by atoms with van der Waals surface area (Å²) in [4.78, 5) is 15.9. The standard InChI is InChI=1S/C12H19N3OS/c1-8-7-17-12(14-8)9(2)13-6-5-11(16)15-10-3-4-10/h7,9-10,13H,3-6H2,1-2H3,(H,15,16). The lowest BCUT2D eigenvalue weighted by Crippen LogP contribution is -2.30. The van der Waals surface area contributed by atoms with E-state index >= 15 is 0 Å². The third-order valence-corrected chi connectivity index (χ3v) is 3.90. The molecule has 1 atom stereocenters. The van der Waals surface area contributed by atoms with Crippen LogP contribution in [0.3, 0.4) is 0 Å². The number of nitrogens with one attached hydrogen (secondary N) is 2. The fraction of sp³-hybridized carbons (Fsp3) is 0.667. The van der Waals surface area contributed by atoms with E-state index in [1.165, 1.54) is 0 Å². The molecule has 1 unspecified atom stereocenters. The molecule has 2 rings (SSSR count). The van der Waals surface area contributed by atoms with E-state index in [-0.39, 0.29) is 11.9 Å². The lowest BCUT2D eigenvalue weighted by Gasteiger charge is -2.10. The Balaban J connectivity index is 1.65. The summed E-state index contributed by atoms with van der Waals surface area (Å²) in [6.45, 7) is 4.78. The summed E-state index contributed by atoms with van der Waals surface area (Å²) in [6.07, 6.45) is 2.84. The summed E-state index contributed by atoms with van der Waals surface area (Å²) >= 11 is 1.66.